The first-order valence-corrected chi connectivity index (χ1v) is 8.74. The number of halogens is 4. The topological polar surface area (TPSA) is 68.3 Å². The molecule has 0 aliphatic heterocycles. The maximum Gasteiger partial charge on any atom is 0.417 e. The predicted molar refractivity (Wildman–Crippen MR) is 83.5 cm³/mol. The molecule has 0 aliphatic carbocycles. The molecule has 2 aromatic rings. The molecule has 0 radical (unpaired) electrons. The van der Waals surface area contributed by atoms with E-state index in [2.05, 4.69) is 9.71 Å². The van der Waals surface area contributed by atoms with E-state index in [1.807, 2.05) is 0 Å². The summed E-state index contributed by atoms with van der Waals surface area (Å²) in [6.07, 6.45) is -2.81. The number of pyridine rings is 1. The van der Waals surface area contributed by atoms with Crippen LogP contribution in [0.4, 0.5) is 18.9 Å². The van der Waals surface area contributed by atoms with Crippen molar-refractivity contribution in [2.24, 2.45) is 0 Å². The third-order valence-electron chi connectivity index (χ3n) is 2.78. The molecule has 0 atom stereocenters. The average Bonchev–Trinajstić information content (AvgIpc) is 2.45. The number of ether oxygens (including phenoxy) is 1. The summed E-state index contributed by atoms with van der Waals surface area (Å²) >= 11 is 5.78. The van der Waals surface area contributed by atoms with Gasteiger partial charge in [0.15, 0.2) is 0 Å². The van der Waals surface area contributed by atoms with Gasteiger partial charge in [0.2, 0.25) is 10.0 Å². The summed E-state index contributed by atoms with van der Waals surface area (Å²) < 4.78 is 67.4. The van der Waals surface area contributed by atoms with E-state index in [9.17, 15) is 21.6 Å². The molecule has 24 heavy (non-hydrogen) atoms. The van der Waals surface area contributed by atoms with E-state index in [1.165, 1.54) is 24.3 Å². The first-order valence-electron chi connectivity index (χ1n) is 6.47. The Morgan fingerprint density at radius 3 is 2.38 bits per heavy atom. The summed E-state index contributed by atoms with van der Waals surface area (Å²) in [5.41, 5.74) is -0.425. The maximum absolute atomic E-state index is 12.5. The van der Waals surface area contributed by atoms with E-state index in [1.54, 1.807) is 0 Å². The number of nitrogens with one attached hydrogen (secondary N) is 1. The second-order valence-corrected chi connectivity index (χ2v) is 6.99. The molecular weight excluding hydrogens is 369 g/mol. The van der Waals surface area contributed by atoms with Crippen LogP contribution in [0, 0.1) is 0 Å². The van der Waals surface area contributed by atoms with Crippen LogP contribution in [-0.4, -0.2) is 19.7 Å². The Morgan fingerprint density at radius 2 is 1.88 bits per heavy atom. The molecule has 130 valence electrons. The Bertz CT molecular complexity index is 824. The van der Waals surface area contributed by atoms with E-state index in [4.69, 9.17) is 16.3 Å². The van der Waals surface area contributed by atoms with Crippen LogP contribution in [-0.2, 0) is 22.8 Å². The number of rotatable bonds is 5. The number of benzene rings is 1. The largest absolute Gasteiger partial charge is 0.487 e. The molecule has 1 N–H and O–H groups in total. The Kier molecular flexibility index (Phi) is 5.24. The van der Waals surface area contributed by atoms with Crippen molar-refractivity contribution in [2.45, 2.75) is 12.8 Å². The molecule has 0 spiro atoms. The summed E-state index contributed by atoms with van der Waals surface area (Å²) in [6, 6.07) is 6.76. The van der Waals surface area contributed by atoms with Crippen molar-refractivity contribution in [1.82, 2.24) is 4.98 Å². The van der Waals surface area contributed by atoms with E-state index < -0.39 is 21.8 Å². The summed E-state index contributed by atoms with van der Waals surface area (Å²) in [5, 5.41) is -0.153. The van der Waals surface area contributed by atoms with Crippen molar-refractivity contribution in [2.75, 3.05) is 11.0 Å². The lowest BCUT2D eigenvalue weighted by molar-refractivity contribution is -0.137. The van der Waals surface area contributed by atoms with Gasteiger partial charge < -0.3 is 4.74 Å². The van der Waals surface area contributed by atoms with Gasteiger partial charge in [-0.25, -0.2) is 8.42 Å². The van der Waals surface area contributed by atoms with Gasteiger partial charge in [0, 0.05) is 11.9 Å². The lowest BCUT2D eigenvalue weighted by atomic mass is 10.2. The number of hydrogen-bond donors (Lipinski definition) is 1. The summed E-state index contributed by atoms with van der Waals surface area (Å²) in [7, 11) is -3.38. The zero-order valence-corrected chi connectivity index (χ0v) is 13.8. The van der Waals surface area contributed by atoms with Crippen molar-refractivity contribution in [3.63, 3.8) is 0 Å². The molecule has 1 heterocycles. The van der Waals surface area contributed by atoms with E-state index in [-0.39, 0.29) is 17.3 Å². The van der Waals surface area contributed by atoms with Crippen molar-refractivity contribution in [1.29, 1.82) is 0 Å². The Balaban J connectivity index is 2.03. The highest BCUT2D eigenvalue weighted by Gasteiger charge is 2.31. The van der Waals surface area contributed by atoms with Crippen LogP contribution >= 0.6 is 11.6 Å². The van der Waals surface area contributed by atoms with Gasteiger partial charge in [-0.3, -0.25) is 9.71 Å². The van der Waals surface area contributed by atoms with Crippen LogP contribution in [0.5, 0.6) is 5.75 Å². The highest BCUT2D eigenvalue weighted by atomic mass is 35.5. The van der Waals surface area contributed by atoms with Gasteiger partial charge in [-0.2, -0.15) is 13.2 Å². The van der Waals surface area contributed by atoms with Crippen LogP contribution in [0.1, 0.15) is 11.3 Å². The molecule has 0 unspecified atom stereocenters. The van der Waals surface area contributed by atoms with Crippen LogP contribution in [0.3, 0.4) is 0 Å². The molecule has 0 aliphatic rings. The van der Waals surface area contributed by atoms with Gasteiger partial charge in [0.05, 0.1) is 22.5 Å². The molecule has 10 heteroatoms. The lowest BCUT2D eigenvalue weighted by Crippen LogP contribution is -2.09. The molecule has 1 aromatic heterocycles. The maximum atomic E-state index is 12.5. The van der Waals surface area contributed by atoms with Crippen molar-refractivity contribution < 1.29 is 26.3 Å². The fourth-order valence-electron chi connectivity index (χ4n) is 1.71. The van der Waals surface area contributed by atoms with Gasteiger partial charge in [-0.05, 0) is 30.3 Å². The molecule has 0 saturated carbocycles. The fourth-order valence-corrected chi connectivity index (χ4v) is 2.50. The van der Waals surface area contributed by atoms with Crippen LogP contribution in [0.25, 0.3) is 0 Å². The SMILES string of the molecule is CS(=O)(=O)Nc1ccc(OCc2ncc(C(F)(F)F)cc2Cl)cc1. The fraction of sp³-hybridized carbons (Fsp3) is 0.214. The van der Waals surface area contributed by atoms with Crippen molar-refractivity contribution in [3.05, 3.63) is 52.8 Å². The molecule has 0 saturated heterocycles. The molecule has 1 aromatic carbocycles. The van der Waals surface area contributed by atoms with Gasteiger partial charge in [-0.1, -0.05) is 11.6 Å². The minimum absolute atomic E-state index is 0.129. The minimum atomic E-state index is -4.52. The van der Waals surface area contributed by atoms with Gasteiger partial charge in [-0.15, -0.1) is 0 Å². The van der Waals surface area contributed by atoms with E-state index in [0.29, 0.717) is 17.6 Å². The molecule has 0 amide bonds. The van der Waals surface area contributed by atoms with Gasteiger partial charge in [0.25, 0.3) is 0 Å². The van der Waals surface area contributed by atoms with Gasteiger partial charge >= 0.3 is 6.18 Å². The van der Waals surface area contributed by atoms with Crippen LogP contribution in [0.15, 0.2) is 36.5 Å². The normalized spacial score (nSPS) is 12.0. The first kappa shape index (κ1) is 18.3. The standard InChI is InChI=1S/C14H12ClF3N2O3S/c1-24(21,22)20-10-2-4-11(5-3-10)23-8-13-12(15)6-9(7-19-13)14(16,17)18/h2-7,20H,8H2,1H3. The van der Waals surface area contributed by atoms with Crippen LogP contribution < -0.4 is 9.46 Å². The molecule has 2 rings (SSSR count). The third-order valence-corrected chi connectivity index (χ3v) is 3.71. The Labute approximate surface area is 141 Å². The zero-order valence-electron chi connectivity index (χ0n) is 12.3. The molecule has 0 bridgehead atoms. The summed E-state index contributed by atoms with van der Waals surface area (Å²) in [5.74, 6) is 0.381. The quantitative estimate of drug-likeness (QED) is 0.858. The Morgan fingerprint density at radius 1 is 1.25 bits per heavy atom. The zero-order chi connectivity index (χ0) is 18.0. The predicted octanol–water partition coefficient (Wildman–Crippen LogP) is 3.70. The van der Waals surface area contributed by atoms with E-state index in [0.717, 1.165) is 12.3 Å². The second kappa shape index (κ2) is 6.86. The second-order valence-electron chi connectivity index (χ2n) is 4.84. The molecule has 0 fully saturated rings. The number of alkyl halides is 3. The van der Waals surface area contributed by atoms with Gasteiger partial charge in [0.1, 0.15) is 12.4 Å². The highest BCUT2D eigenvalue weighted by molar-refractivity contribution is 7.92. The molecule has 5 nitrogen and oxygen atoms in total. The van der Waals surface area contributed by atoms with Crippen molar-refractivity contribution >= 4 is 27.3 Å². The minimum Gasteiger partial charge on any atom is -0.487 e. The Hall–Kier alpha value is -2.00. The smallest absolute Gasteiger partial charge is 0.417 e. The monoisotopic (exact) mass is 380 g/mol. The first-order chi connectivity index (χ1) is 11.0. The highest BCUT2D eigenvalue weighted by Crippen LogP contribution is 2.31. The summed E-state index contributed by atoms with van der Waals surface area (Å²) in [4.78, 5) is 3.66. The number of nitrogens with zero attached hydrogens (tertiary/aromatic N) is 1. The van der Waals surface area contributed by atoms with Crippen LogP contribution in [0.2, 0.25) is 5.02 Å². The number of anilines is 1. The third kappa shape index (κ3) is 5.27. The molecular formula is C14H12ClF3N2O3S. The lowest BCUT2D eigenvalue weighted by Gasteiger charge is -2.11. The summed E-state index contributed by atoms with van der Waals surface area (Å²) in [6.45, 7) is -0.129. The van der Waals surface area contributed by atoms with Crippen molar-refractivity contribution in [3.8, 4) is 5.75 Å². The number of hydrogen-bond acceptors (Lipinski definition) is 4. The number of sulfonamides is 1. The average molecular weight is 381 g/mol. The number of aromatic nitrogens is 1. The van der Waals surface area contributed by atoms with E-state index >= 15 is 0 Å².